The van der Waals surface area contributed by atoms with E-state index in [1.165, 1.54) is 11.8 Å². The minimum Gasteiger partial charge on any atom is -0.508 e. The predicted molar refractivity (Wildman–Crippen MR) is 187 cm³/mol. The van der Waals surface area contributed by atoms with Crippen molar-refractivity contribution in [1.29, 1.82) is 0 Å². The number of tetrazole rings is 1. The van der Waals surface area contributed by atoms with Gasteiger partial charge < -0.3 is 25.0 Å². The highest BCUT2D eigenvalue weighted by Gasteiger charge is 2.33. The second kappa shape index (κ2) is 17.2. The molecular formula is C37H38N6O7S. The number of ether oxygens (including phenoxy) is 2. The Balaban J connectivity index is 1.16. The van der Waals surface area contributed by atoms with Gasteiger partial charge in [0.25, 0.3) is 0 Å². The number of rotatable bonds is 14. The summed E-state index contributed by atoms with van der Waals surface area (Å²) in [7, 11) is 0. The number of aliphatic hydroxyl groups excluding tert-OH is 1. The number of aromatic nitrogens is 4. The van der Waals surface area contributed by atoms with Crippen molar-refractivity contribution < 1.29 is 34.5 Å². The molecule has 0 saturated carbocycles. The standard InChI is InChI=1S/C37H38N6O7S/c44-22-24-8-10-26(11-9-24)33-20-31(23-51-37-39-41-42-43(37)29-16-18-30(45)19-17-29)49-36(50-33)27-14-12-25(13-15-27)32-5-2-1-4-28(32)21-38-34(46)6-3-7-35(47)40-48/h1-2,4-5,8-19,31,33,36,44-45,48H,3,6-7,20-23H2,(H,38,46)(H,40,47)/t31-,33+,36+/m0/s1. The number of aliphatic hydroxyl groups is 1. The van der Waals surface area contributed by atoms with Gasteiger partial charge in [-0.1, -0.05) is 84.6 Å². The number of hydroxylamine groups is 1. The number of nitrogens with zero attached hydrogens (tertiary/aromatic N) is 4. The van der Waals surface area contributed by atoms with Crippen molar-refractivity contribution in [2.24, 2.45) is 0 Å². The molecule has 3 atom stereocenters. The van der Waals surface area contributed by atoms with Crippen LogP contribution in [-0.4, -0.2) is 59.3 Å². The monoisotopic (exact) mass is 710 g/mol. The van der Waals surface area contributed by atoms with Crippen LogP contribution in [0.25, 0.3) is 16.8 Å². The van der Waals surface area contributed by atoms with Crippen LogP contribution in [0.15, 0.2) is 102 Å². The van der Waals surface area contributed by atoms with Crippen LogP contribution >= 0.6 is 11.8 Å². The first-order chi connectivity index (χ1) is 24.9. The summed E-state index contributed by atoms with van der Waals surface area (Å²) < 4.78 is 14.7. The Morgan fingerprint density at radius 1 is 0.882 bits per heavy atom. The Kier molecular flexibility index (Phi) is 12.0. The fraction of sp³-hybridized carbons (Fsp3) is 0.270. The molecule has 6 rings (SSSR count). The van der Waals surface area contributed by atoms with Crippen LogP contribution in [-0.2, 0) is 32.2 Å². The number of nitrogens with one attached hydrogen (secondary N) is 2. The highest BCUT2D eigenvalue weighted by Crippen LogP contribution is 2.40. The lowest BCUT2D eigenvalue weighted by molar-refractivity contribution is -0.245. The van der Waals surface area contributed by atoms with Gasteiger partial charge in [-0.25, -0.2) is 5.48 Å². The van der Waals surface area contributed by atoms with E-state index < -0.39 is 12.2 Å². The van der Waals surface area contributed by atoms with Gasteiger partial charge in [-0.2, -0.15) is 4.68 Å². The average Bonchev–Trinajstić information content (AvgIpc) is 3.65. The maximum Gasteiger partial charge on any atom is 0.243 e. The van der Waals surface area contributed by atoms with E-state index in [1.54, 1.807) is 34.4 Å². The number of hydrogen-bond donors (Lipinski definition) is 5. The molecule has 264 valence electrons. The van der Waals surface area contributed by atoms with E-state index in [2.05, 4.69) is 20.8 Å². The third-order valence-electron chi connectivity index (χ3n) is 8.47. The number of benzene rings is 4. The van der Waals surface area contributed by atoms with Gasteiger partial charge in [0, 0.05) is 37.1 Å². The van der Waals surface area contributed by atoms with E-state index in [0.29, 0.717) is 30.3 Å². The lowest BCUT2D eigenvalue weighted by Crippen LogP contribution is -2.31. The van der Waals surface area contributed by atoms with Gasteiger partial charge in [0.2, 0.25) is 17.0 Å². The maximum atomic E-state index is 12.4. The van der Waals surface area contributed by atoms with E-state index in [0.717, 1.165) is 39.1 Å². The Hall–Kier alpha value is -5.12. The van der Waals surface area contributed by atoms with Gasteiger partial charge in [0.1, 0.15) is 5.75 Å². The Morgan fingerprint density at radius 3 is 2.35 bits per heavy atom. The van der Waals surface area contributed by atoms with Gasteiger partial charge in [-0.05, 0) is 68.9 Å². The third-order valence-corrected chi connectivity index (χ3v) is 9.52. The number of aromatic hydroxyl groups is 1. The first kappa shape index (κ1) is 35.7. The molecule has 1 aliphatic rings. The average molecular weight is 711 g/mol. The van der Waals surface area contributed by atoms with Crippen molar-refractivity contribution in [3.05, 3.63) is 119 Å². The largest absolute Gasteiger partial charge is 0.508 e. The Labute approximate surface area is 298 Å². The summed E-state index contributed by atoms with van der Waals surface area (Å²) in [5, 5.41) is 43.6. The summed E-state index contributed by atoms with van der Waals surface area (Å²) in [6, 6.07) is 30.2. The van der Waals surface area contributed by atoms with Gasteiger partial charge >= 0.3 is 0 Å². The molecule has 13 nitrogen and oxygen atoms in total. The van der Waals surface area contributed by atoms with Crippen molar-refractivity contribution >= 4 is 23.6 Å². The number of phenolic OH excluding ortho intramolecular Hbond substituents is 1. The third kappa shape index (κ3) is 9.36. The van der Waals surface area contributed by atoms with E-state index in [-0.39, 0.29) is 43.3 Å². The fourth-order valence-corrected chi connectivity index (χ4v) is 6.65. The number of amides is 2. The van der Waals surface area contributed by atoms with Crippen molar-refractivity contribution in [2.45, 2.75) is 62.5 Å². The van der Waals surface area contributed by atoms with Crippen LogP contribution in [0, 0.1) is 0 Å². The molecule has 1 fully saturated rings. The quantitative estimate of drug-likeness (QED) is 0.0584. The maximum absolute atomic E-state index is 12.4. The highest BCUT2D eigenvalue weighted by molar-refractivity contribution is 7.99. The molecular weight excluding hydrogens is 673 g/mol. The second-order valence-corrected chi connectivity index (χ2v) is 13.0. The summed E-state index contributed by atoms with van der Waals surface area (Å²) >= 11 is 1.47. The van der Waals surface area contributed by atoms with E-state index in [4.69, 9.17) is 14.7 Å². The van der Waals surface area contributed by atoms with Crippen molar-refractivity contribution in [2.75, 3.05) is 5.75 Å². The molecule has 0 bridgehead atoms. The number of carbonyl (C=O) groups excluding carboxylic acids is 2. The lowest BCUT2D eigenvalue weighted by Gasteiger charge is -2.36. The van der Waals surface area contributed by atoms with Crippen LogP contribution < -0.4 is 10.8 Å². The SMILES string of the molecule is O=C(CCCC(=O)NCc1ccccc1-c1ccc([C@@H]2O[C@H](CSc3nnnn3-c3ccc(O)cc3)C[C@H](c3ccc(CO)cc3)O2)cc1)NO. The number of carbonyl (C=O) groups is 2. The first-order valence-corrected chi connectivity index (χ1v) is 17.5. The number of hydrogen-bond acceptors (Lipinski definition) is 11. The first-order valence-electron chi connectivity index (χ1n) is 16.5. The summed E-state index contributed by atoms with van der Waals surface area (Å²) in [5.41, 5.74) is 7.81. The molecule has 14 heteroatoms. The summed E-state index contributed by atoms with van der Waals surface area (Å²) in [6.07, 6.45) is 0.0253. The minimum atomic E-state index is -0.656. The van der Waals surface area contributed by atoms with Gasteiger partial charge in [-0.15, -0.1) is 5.10 Å². The van der Waals surface area contributed by atoms with Crippen molar-refractivity contribution in [1.82, 2.24) is 31.0 Å². The zero-order valence-electron chi connectivity index (χ0n) is 27.6. The molecule has 0 aliphatic carbocycles. The molecule has 5 aromatic rings. The van der Waals surface area contributed by atoms with Crippen molar-refractivity contribution in [3.8, 4) is 22.6 Å². The molecule has 1 aromatic heterocycles. The summed E-state index contributed by atoms with van der Waals surface area (Å²) in [5.74, 6) is 0.00667. The zero-order valence-corrected chi connectivity index (χ0v) is 28.4. The van der Waals surface area contributed by atoms with Gasteiger partial charge in [-0.3, -0.25) is 14.8 Å². The molecule has 51 heavy (non-hydrogen) atoms. The summed E-state index contributed by atoms with van der Waals surface area (Å²) in [6.45, 7) is 0.282. The van der Waals surface area contributed by atoms with Crippen LogP contribution in [0.3, 0.4) is 0 Å². The second-order valence-electron chi connectivity index (χ2n) is 12.0. The van der Waals surface area contributed by atoms with E-state index >= 15 is 0 Å². The van der Waals surface area contributed by atoms with E-state index in [9.17, 15) is 19.8 Å². The Bertz CT molecular complexity index is 1900. The summed E-state index contributed by atoms with van der Waals surface area (Å²) in [4.78, 5) is 23.6. The van der Waals surface area contributed by atoms with Crippen LogP contribution in [0.4, 0.5) is 0 Å². The molecule has 0 spiro atoms. The number of thioether (sulfide) groups is 1. The van der Waals surface area contributed by atoms with E-state index in [1.807, 2.05) is 72.8 Å². The smallest absolute Gasteiger partial charge is 0.243 e. The van der Waals surface area contributed by atoms with Gasteiger partial charge in [0.05, 0.1) is 24.5 Å². The normalized spacial score (nSPS) is 17.2. The van der Waals surface area contributed by atoms with Crippen molar-refractivity contribution in [3.63, 3.8) is 0 Å². The molecule has 1 aliphatic heterocycles. The molecule has 0 unspecified atom stereocenters. The topological polar surface area (TPSA) is 181 Å². The van der Waals surface area contributed by atoms with Crippen LogP contribution in [0.2, 0.25) is 0 Å². The molecule has 1 saturated heterocycles. The minimum absolute atomic E-state index is 0.0418. The van der Waals surface area contributed by atoms with Gasteiger partial charge in [0.15, 0.2) is 6.29 Å². The Morgan fingerprint density at radius 2 is 1.61 bits per heavy atom. The molecule has 2 heterocycles. The fourth-order valence-electron chi connectivity index (χ4n) is 5.74. The lowest BCUT2D eigenvalue weighted by atomic mass is 9.97. The predicted octanol–water partition coefficient (Wildman–Crippen LogP) is 5.16. The van der Waals surface area contributed by atoms with Crippen LogP contribution in [0.1, 0.15) is 60.3 Å². The van der Waals surface area contributed by atoms with Crippen LogP contribution in [0.5, 0.6) is 5.75 Å². The zero-order chi connectivity index (χ0) is 35.6. The highest BCUT2D eigenvalue weighted by atomic mass is 32.2. The molecule has 5 N–H and O–H groups in total. The number of phenols is 1. The molecule has 4 aromatic carbocycles. The molecule has 2 amide bonds. The molecule has 0 radical (unpaired) electrons.